The average Bonchev–Trinajstić information content (AvgIpc) is 2.39. The number of ether oxygens (including phenoxy) is 1. The Balaban J connectivity index is 2.14. The van der Waals surface area contributed by atoms with Crippen molar-refractivity contribution in [2.45, 2.75) is 22.6 Å². The van der Waals surface area contributed by atoms with Gasteiger partial charge in [0.05, 0.1) is 22.7 Å². The zero-order valence-corrected chi connectivity index (χ0v) is 10.2. The minimum atomic E-state index is -0.987. The lowest BCUT2D eigenvalue weighted by atomic mass is 10.1. The molecular weight excluding hydrogens is 222 g/mol. The summed E-state index contributed by atoms with van der Waals surface area (Å²) in [4.78, 5) is 0.887. The summed E-state index contributed by atoms with van der Waals surface area (Å²) in [5, 5.41) is 3.29. The lowest BCUT2D eigenvalue weighted by Gasteiger charge is -2.30. The Bertz CT molecular complexity index is 355. The maximum atomic E-state index is 12.4. The Hall–Kier alpha value is -0.710. The Morgan fingerprint density at radius 2 is 2.12 bits per heavy atom. The Kier molecular flexibility index (Phi) is 4.09. The van der Waals surface area contributed by atoms with E-state index >= 15 is 0 Å². The van der Waals surface area contributed by atoms with Gasteiger partial charge in [0.2, 0.25) is 0 Å². The first-order valence-corrected chi connectivity index (χ1v) is 6.75. The summed E-state index contributed by atoms with van der Waals surface area (Å²) < 4.78 is 17.8. The molecule has 0 bridgehead atoms. The van der Waals surface area contributed by atoms with Crippen LogP contribution in [0.5, 0.6) is 0 Å². The highest BCUT2D eigenvalue weighted by molar-refractivity contribution is 7.85. The van der Waals surface area contributed by atoms with Crippen molar-refractivity contribution < 1.29 is 8.95 Å². The van der Waals surface area contributed by atoms with E-state index in [9.17, 15) is 4.21 Å². The first-order chi connectivity index (χ1) is 7.83. The lowest BCUT2D eigenvalue weighted by molar-refractivity contribution is 0.0838. The fourth-order valence-corrected chi connectivity index (χ4v) is 3.55. The number of hydrogen-bond acceptors (Lipinski definition) is 3. The van der Waals surface area contributed by atoms with Crippen molar-refractivity contribution in [1.29, 1.82) is 0 Å². The van der Waals surface area contributed by atoms with Crippen LogP contribution < -0.4 is 5.32 Å². The molecule has 0 aromatic heterocycles. The summed E-state index contributed by atoms with van der Waals surface area (Å²) in [5.41, 5.74) is 0. The van der Waals surface area contributed by atoms with Crippen LogP contribution in [0.2, 0.25) is 0 Å². The van der Waals surface area contributed by atoms with Gasteiger partial charge < -0.3 is 10.1 Å². The van der Waals surface area contributed by atoms with E-state index in [2.05, 4.69) is 5.32 Å². The van der Waals surface area contributed by atoms with Crippen LogP contribution in [0.4, 0.5) is 0 Å². The molecule has 3 atom stereocenters. The molecule has 3 nitrogen and oxygen atoms in total. The molecule has 0 amide bonds. The van der Waals surface area contributed by atoms with Crippen LogP contribution in [0.1, 0.15) is 6.42 Å². The second-order valence-electron chi connectivity index (χ2n) is 3.91. The van der Waals surface area contributed by atoms with Crippen molar-refractivity contribution >= 4 is 10.8 Å². The van der Waals surface area contributed by atoms with E-state index in [-0.39, 0.29) is 11.3 Å². The van der Waals surface area contributed by atoms with Crippen molar-refractivity contribution in [2.24, 2.45) is 0 Å². The van der Waals surface area contributed by atoms with Gasteiger partial charge in [0.1, 0.15) is 0 Å². The van der Waals surface area contributed by atoms with Crippen LogP contribution in [-0.2, 0) is 15.5 Å². The van der Waals surface area contributed by atoms with Crippen LogP contribution in [-0.4, -0.2) is 35.8 Å². The lowest BCUT2D eigenvalue weighted by Crippen LogP contribution is -2.47. The summed E-state index contributed by atoms with van der Waals surface area (Å²) in [5.74, 6) is 0. The largest absolute Gasteiger partial charge is 0.380 e. The first-order valence-electron chi connectivity index (χ1n) is 5.53. The molecule has 3 unspecified atom stereocenters. The normalized spacial score (nSPS) is 27.6. The molecule has 1 aliphatic heterocycles. The molecule has 0 saturated carbocycles. The third-order valence-corrected chi connectivity index (χ3v) is 4.68. The van der Waals surface area contributed by atoms with E-state index in [1.54, 1.807) is 0 Å². The highest BCUT2D eigenvalue weighted by Gasteiger charge is 2.30. The van der Waals surface area contributed by atoms with Gasteiger partial charge in [-0.05, 0) is 25.6 Å². The van der Waals surface area contributed by atoms with E-state index in [0.717, 1.165) is 17.9 Å². The van der Waals surface area contributed by atoms with Crippen molar-refractivity contribution in [2.75, 3.05) is 20.3 Å². The molecule has 88 valence electrons. The van der Waals surface area contributed by atoms with E-state index in [1.807, 2.05) is 37.4 Å². The summed E-state index contributed by atoms with van der Waals surface area (Å²) >= 11 is 0. The molecule has 1 heterocycles. The van der Waals surface area contributed by atoms with Gasteiger partial charge in [-0.1, -0.05) is 18.2 Å². The number of benzene rings is 1. The highest BCUT2D eigenvalue weighted by atomic mass is 32.2. The summed E-state index contributed by atoms with van der Waals surface area (Å²) in [7, 11) is 0.935. The molecule has 1 aliphatic rings. The summed E-state index contributed by atoms with van der Waals surface area (Å²) in [6, 6.07) is 9.90. The molecule has 0 spiro atoms. The predicted molar refractivity (Wildman–Crippen MR) is 64.9 cm³/mol. The number of nitrogens with one attached hydrogen (secondary N) is 1. The zero-order chi connectivity index (χ0) is 11.4. The van der Waals surface area contributed by atoms with Gasteiger partial charge in [-0.2, -0.15) is 0 Å². The van der Waals surface area contributed by atoms with Crippen molar-refractivity contribution in [3.8, 4) is 0 Å². The van der Waals surface area contributed by atoms with Crippen molar-refractivity contribution in [3.05, 3.63) is 30.3 Å². The van der Waals surface area contributed by atoms with E-state index in [4.69, 9.17) is 4.74 Å². The van der Waals surface area contributed by atoms with Crippen molar-refractivity contribution in [3.63, 3.8) is 0 Å². The molecule has 1 N–H and O–H groups in total. The quantitative estimate of drug-likeness (QED) is 0.860. The van der Waals surface area contributed by atoms with Gasteiger partial charge in [-0.15, -0.1) is 0 Å². The summed E-state index contributed by atoms with van der Waals surface area (Å²) in [6.45, 7) is 1.33. The molecule has 1 aromatic rings. The fraction of sp³-hybridized carbons (Fsp3) is 0.500. The van der Waals surface area contributed by atoms with Gasteiger partial charge in [-0.25, -0.2) is 0 Å². The zero-order valence-electron chi connectivity index (χ0n) is 9.39. The molecule has 16 heavy (non-hydrogen) atoms. The van der Waals surface area contributed by atoms with Crippen LogP contribution in [0, 0.1) is 0 Å². The fourth-order valence-electron chi connectivity index (χ4n) is 1.98. The third-order valence-electron chi connectivity index (χ3n) is 2.93. The highest BCUT2D eigenvalue weighted by Crippen LogP contribution is 2.19. The van der Waals surface area contributed by atoms with Crippen LogP contribution in [0.25, 0.3) is 0 Å². The molecule has 2 rings (SSSR count). The molecule has 1 fully saturated rings. The minimum Gasteiger partial charge on any atom is -0.380 e. The monoisotopic (exact) mass is 239 g/mol. The van der Waals surface area contributed by atoms with E-state index in [1.165, 1.54) is 0 Å². The van der Waals surface area contributed by atoms with Gasteiger partial charge >= 0.3 is 0 Å². The minimum absolute atomic E-state index is 0.0566. The third kappa shape index (κ3) is 2.51. The first kappa shape index (κ1) is 11.8. The Morgan fingerprint density at radius 3 is 2.81 bits per heavy atom. The maximum absolute atomic E-state index is 12.4. The Labute approximate surface area is 98.7 Å². The number of hydrogen-bond donors (Lipinski definition) is 1. The Morgan fingerprint density at radius 1 is 1.38 bits per heavy atom. The van der Waals surface area contributed by atoms with Crippen molar-refractivity contribution in [1.82, 2.24) is 5.32 Å². The second kappa shape index (κ2) is 5.57. The molecule has 1 saturated heterocycles. The number of rotatable bonds is 3. The molecule has 1 aromatic carbocycles. The molecular formula is C12H17NO2S. The van der Waals surface area contributed by atoms with Gasteiger partial charge in [0.25, 0.3) is 0 Å². The smallest absolute Gasteiger partial charge is 0.0781 e. The molecule has 0 radical (unpaired) electrons. The topological polar surface area (TPSA) is 38.3 Å². The van der Waals surface area contributed by atoms with Crippen LogP contribution >= 0.6 is 0 Å². The molecule has 4 heteroatoms. The van der Waals surface area contributed by atoms with Gasteiger partial charge in [0, 0.05) is 17.5 Å². The standard InChI is InChI=1S/C12H17NO2S/c1-13-11-7-8-15-9-12(11)16(14)10-5-3-2-4-6-10/h2-6,11-13H,7-9H2,1H3. The second-order valence-corrected chi connectivity index (χ2v) is 5.58. The SMILES string of the molecule is CNC1CCOCC1S(=O)c1ccccc1. The predicted octanol–water partition coefficient (Wildman–Crippen LogP) is 1.17. The van der Waals surface area contributed by atoms with Crippen LogP contribution in [0.15, 0.2) is 35.2 Å². The van der Waals surface area contributed by atoms with Gasteiger partial charge in [0.15, 0.2) is 0 Å². The van der Waals surface area contributed by atoms with E-state index in [0.29, 0.717) is 6.61 Å². The molecule has 0 aliphatic carbocycles. The maximum Gasteiger partial charge on any atom is 0.0781 e. The summed E-state index contributed by atoms with van der Waals surface area (Å²) in [6.07, 6.45) is 0.930. The van der Waals surface area contributed by atoms with E-state index < -0.39 is 10.8 Å². The van der Waals surface area contributed by atoms with Gasteiger partial charge in [-0.3, -0.25) is 4.21 Å². The average molecular weight is 239 g/mol. The van der Waals surface area contributed by atoms with Crippen LogP contribution in [0.3, 0.4) is 0 Å².